The number of hydrogen-bond donors (Lipinski definition) is 1. The molecule has 0 bridgehead atoms. The number of halogens is 4. The summed E-state index contributed by atoms with van der Waals surface area (Å²) < 4.78 is 54.8. The highest BCUT2D eigenvalue weighted by Gasteiger charge is 2.43. The van der Waals surface area contributed by atoms with Gasteiger partial charge in [-0.05, 0) is 29.8 Å². The van der Waals surface area contributed by atoms with E-state index in [1.54, 1.807) is 18.2 Å². The van der Waals surface area contributed by atoms with Crippen LogP contribution < -0.4 is 9.47 Å². The number of methoxy groups -OCH3 is 2. The molecule has 0 aliphatic carbocycles. The predicted molar refractivity (Wildman–Crippen MR) is 143 cm³/mol. The number of carbonyl (C=O) groups is 1. The van der Waals surface area contributed by atoms with Crippen LogP contribution >= 0.6 is 34.7 Å². The molecule has 1 N–H and O–H groups in total. The van der Waals surface area contributed by atoms with Gasteiger partial charge in [0.15, 0.2) is 17.3 Å². The minimum atomic E-state index is -4.78. The first kappa shape index (κ1) is 28.2. The van der Waals surface area contributed by atoms with E-state index in [0.717, 1.165) is 4.57 Å². The van der Waals surface area contributed by atoms with Gasteiger partial charge in [0.05, 0.1) is 36.8 Å². The number of benzene rings is 2. The Hall–Kier alpha value is -3.36. The number of nitrogens with zero attached hydrogens (tertiary/aromatic N) is 5. The quantitative estimate of drug-likeness (QED) is 0.258. The number of ether oxygens (including phenoxy) is 2. The van der Waals surface area contributed by atoms with Gasteiger partial charge in [0.1, 0.15) is 10.0 Å². The van der Waals surface area contributed by atoms with Gasteiger partial charge >= 0.3 is 12.1 Å². The molecule has 2 aromatic carbocycles. The zero-order chi connectivity index (χ0) is 28.6. The summed E-state index contributed by atoms with van der Waals surface area (Å²) in [6.07, 6.45) is -4.51. The van der Waals surface area contributed by atoms with Crippen LogP contribution in [0, 0.1) is 0 Å². The Bertz CT molecular complexity index is 1560. The number of alkyl halides is 3. The van der Waals surface area contributed by atoms with E-state index in [4.69, 9.17) is 26.2 Å². The molecule has 9 nitrogen and oxygen atoms in total. The number of carboxylic acid groups (broad SMARTS) is 1. The zero-order valence-corrected chi connectivity index (χ0v) is 23.4. The molecule has 210 valence electrons. The van der Waals surface area contributed by atoms with Gasteiger partial charge in [0.25, 0.3) is 0 Å². The fraction of sp³-hybridized carbons (Fsp3) is 0.320. The second-order valence-electron chi connectivity index (χ2n) is 8.69. The van der Waals surface area contributed by atoms with Crippen LogP contribution in [0.25, 0.3) is 5.69 Å². The van der Waals surface area contributed by atoms with Gasteiger partial charge in [-0.2, -0.15) is 13.2 Å². The van der Waals surface area contributed by atoms with Gasteiger partial charge in [-0.15, -0.1) is 43.5 Å². The molecule has 1 aliphatic rings. The molecule has 2 atom stereocenters. The van der Waals surface area contributed by atoms with Gasteiger partial charge < -0.3 is 14.6 Å². The third kappa shape index (κ3) is 5.47. The maximum absolute atomic E-state index is 14.2. The van der Waals surface area contributed by atoms with Crippen LogP contribution in [0.2, 0.25) is 5.02 Å². The van der Waals surface area contributed by atoms with Crippen LogP contribution in [0.4, 0.5) is 13.2 Å². The first-order chi connectivity index (χ1) is 19.1. The number of aliphatic carboxylic acids is 1. The molecular weight excluding hydrogens is 591 g/mol. The largest absolute Gasteiger partial charge is 0.493 e. The van der Waals surface area contributed by atoms with Crippen molar-refractivity contribution in [2.45, 2.75) is 35.9 Å². The molecule has 0 radical (unpaired) electrons. The van der Waals surface area contributed by atoms with Crippen molar-refractivity contribution < 1.29 is 32.5 Å². The molecule has 15 heteroatoms. The van der Waals surface area contributed by atoms with Crippen molar-refractivity contribution in [3.05, 3.63) is 74.2 Å². The molecule has 0 fully saturated rings. The summed E-state index contributed by atoms with van der Waals surface area (Å²) in [6, 6.07) is 10.0. The lowest BCUT2D eigenvalue weighted by Gasteiger charge is -2.23. The number of thioether (sulfide) groups is 1. The molecule has 40 heavy (non-hydrogen) atoms. The van der Waals surface area contributed by atoms with E-state index in [2.05, 4.69) is 20.4 Å². The second kappa shape index (κ2) is 11.3. The number of para-hydroxylation sites is 1. The Kier molecular flexibility index (Phi) is 7.93. The van der Waals surface area contributed by atoms with Crippen molar-refractivity contribution in [2.75, 3.05) is 14.2 Å². The summed E-state index contributed by atoms with van der Waals surface area (Å²) in [5, 5.41) is 25.0. The van der Waals surface area contributed by atoms with Crippen LogP contribution in [-0.4, -0.2) is 50.3 Å². The molecule has 1 aliphatic heterocycles. The highest BCUT2D eigenvalue weighted by Crippen LogP contribution is 2.54. The summed E-state index contributed by atoms with van der Waals surface area (Å²) in [7, 11) is 3.00. The lowest BCUT2D eigenvalue weighted by atomic mass is 10.0. The summed E-state index contributed by atoms with van der Waals surface area (Å²) in [4.78, 5) is 11.0. The van der Waals surface area contributed by atoms with Gasteiger partial charge in [0.2, 0.25) is 5.82 Å². The van der Waals surface area contributed by atoms with Gasteiger partial charge in [-0.3, -0.25) is 9.36 Å². The standard InChI is InChI=1S/C25H21ClF3N5O4S2/c1-37-16-5-3-4-13(21(16)38-2)22-14-10-12(26)6-7-15(14)34-23(32-33-24(34)25(27,28)29)17(39-22)11-19-31-30-18(40-19)8-9-20(35)36/h3-7,10,17,22H,8-9,11H2,1-2H3,(H,35,36). The first-order valence-electron chi connectivity index (χ1n) is 11.8. The van der Waals surface area contributed by atoms with Crippen molar-refractivity contribution in [3.63, 3.8) is 0 Å². The van der Waals surface area contributed by atoms with Gasteiger partial charge in [-0.25, -0.2) is 0 Å². The fourth-order valence-corrected chi connectivity index (χ4v) is 7.21. The predicted octanol–water partition coefficient (Wildman–Crippen LogP) is 5.95. The Morgan fingerprint density at radius 2 is 1.85 bits per heavy atom. The van der Waals surface area contributed by atoms with E-state index < -0.39 is 28.5 Å². The van der Waals surface area contributed by atoms with Crippen LogP contribution in [0.5, 0.6) is 11.5 Å². The third-order valence-corrected chi connectivity index (χ3v) is 8.91. The Morgan fingerprint density at radius 1 is 1.07 bits per heavy atom. The average molecular weight is 612 g/mol. The summed E-state index contributed by atoms with van der Waals surface area (Å²) in [5.41, 5.74) is 1.42. The lowest BCUT2D eigenvalue weighted by molar-refractivity contribution is -0.146. The molecule has 0 spiro atoms. The van der Waals surface area contributed by atoms with E-state index in [9.17, 15) is 18.0 Å². The van der Waals surface area contributed by atoms with Crippen LogP contribution in [0.1, 0.15) is 49.7 Å². The number of aryl methyl sites for hydroxylation is 1. The van der Waals surface area contributed by atoms with E-state index >= 15 is 0 Å². The fourth-order valence-electron chi connectivity index (χ4n) is 4.51. The summed E-state index contributed by atoms with van der Waals surface area (Å²) in [6.45, 7) is 0. The Morgan fingerprint density at radius 3 is 2.55 bits per heavy atom. The SMILES string of the molecule is COc1cccc(C2SC(Cc3nnc(CCC(=O)O)s3)c3nnc(C(F)(F)F)n3-c3ccc(Cl)cc32)c1OC. The molecular formula is C25H21ClF3N5O4S2. The van der Waals surface area contributed by atoms with Crippen molar-refractivity contribution >= 4 is 40.7 Å². The normalized spacial score (nSPS) is 16.6. The number of aromatic nitrogens is 5. The number of carboxylic acids is 1. The summed E-state index contributed by atoms with van der Waals surface area (Å²) in [5.74, 6) is -1.13. The van der Waals surface area contributed by atoms with E-state index in [1.807, 2.05) is 6.07 Å². The number of hydrogen-bond acceptors (Lipinski definition) is 9. The molecule has 0 saturated heterocycles. The molecule has 0 saturated carbocycles. The monoisotopic (exact) mass is 611 g/mol. The maximum atomic E-state index is 14.2. The van der Waals surface area contributed by atoms with Crippen molar-refractivity contribution in [1.29, 1.82) is 0 Å². The number of rotatable bonds is 8. The molecule has 3 heterocycles. The minimum absolute atomic E-state index is 0.0903. The van der Waals surface area contributed by atoms with Crippen molar-refractivity contribution in [2.24, 2.45) is 0 Å². The van der Waals surface area contributed by atoms with Crippen LogP contribution in [-0.2, 0) is 23.8 Å². The summed E-state index contributed by atoms with van der Waals surface area (Å²) >= 11 is 8.95. The zero-order valence-electron chi connectivity index (χ0n) is 21.0. The Balaban J connectivity index is 1.68. The topological polar surface area (TPSA) is 112 Å². The Labute approximate surface area is 239 Å². The maximum Gasteiger partial charge on any atom is 0.452 e. The lowest BCUT2D eigenvalue weighted by Crippen LogP contribution is -2.16. The first-order valence-corrected chi connectivity index (χ1v) is 14.0. The highest BCUT2D eigenvalue weighted by molar-refractivity contribution is 8.00. The van der Waals surface area contributed by atoms with Crippen molar-refractivity contribution in [1.82, 2.24) is 25.0 Å². The molecule has 0 amide bonds. The smallest absolute Gasteiger partial charge is 0.452 e. The van der Waals surface area contributed by atoms with Crippen molar-refractivity contribution in [3.8, 4) is 17.2 Å². The van der Waals surface area contributed by atoms with E-state index in [-0.39, 0.29) is 30.8 Å². The molecule has 2 aromatic heterocycles. The highest BCUT2D eigenvalue weighted by atomic mass is 35.5. The molecule has 4 aromatic rings. The van der Waals surface area contributed by atoms with E-state index in [0.29, 0.717) is 37.7 Å². The third-order valence-electron chi connectivity index (χ3n) is 6.18. The number of fused-ring (bicyclic) bond motifs is 3. The molecule has 2 unspecified atom stereocenters. The van der Waals surface area contributed by atoms with Crippen LogP contribution in [0.15, 0.2) is 36.4 Å². The molecule has 5 rings (SSSR count). The van der Waals surface area contributed by atoms with Gasteiger partial charge in [-0.1, -0.05) is 23.7 Å². The average Bonchev–Trinajstić information content (AvgIpc) is 3.54. The minimum Gasteiger partial charge on any atom is -0.493 e. The van der Waals surface area contributed by atoms with Gasteiger partial charge in [0, 0.05) is 23.4 Å². The van der Waals surface area contributed by atoms with E-state index in [1.165, 1.54) is 49.5 Å². The second-order valence-corrected chi connectivity index (χ2v) is 11.6. The van der Waals surface area contributed by atoms with Crippen LogP contribution in [0.3, 0.4) is 0 Å².